The molecule has 1 aromatic rings. The van der Waals surface area contributed by atoms with E-state index in [0.29, 0.717) is 26.3 Å². The summed E-state index contributed by atoms with van der Waals surface area (Å²) in [5.41, 5.74) is 1.12. The zero-order chi connectivity index (χ0) is 16.3. The summed E-state index contributed by atoms with van der Waals surface area (Å²) in [6, 6.07) is 9.18. The number of hydrogen-bond donors (Lipinski definition) is 1. The highest BCUT2D eigenvalue weighted by molar-refractivity contribution is 5.85. The molecule has 1 amide bonds. The number of carbonyl (C=O) groups excluding carboxylic acids is 1. The quantitative estimate of drug-likeness (QED) is 0.877. The van der Waals surface area contributed by atoms with Crippen LogP contribution in [0, 0.1) is 5.92 Å². The first-order chi connectivity index (χ1) is 11.0. The number of nitrogens with zero attached hydrogens (tertiary/aromatic N) is 1. The smallest absolute Gasteiger partial charge is 0.262 e. The molecule has 0 aromatic heterocycles. The van der Waals surface area contributed by atoms with Crippen LogP contribution in [0.3, 0.4) is 0 Å². The minimum absolute atomic E-state index is 0. The SMILES string of the molecule is Cl.O=C(C1CC(F)(F)CN1)N1CCC(COCc2ccccc2)C1. The zero-order valence-electron chi connectivity index (χ0n) is 13.4. The topological polar surface area (TPSA) is 41.6 Å². The fourth-order valence-corrected chi connectivity index (χ4v) is 3.20. The van der Waals surface area contributed by atoms with Gasteiger partial charge in [-0.3, -0.25) is 10.1 Å². The Hall–Kier alpha value is -1.24. The highest BCUT2D eigenvalue weighted by Crippen LogP contribution is 2.27. The van der Waals surface area contributed by atoms with Crippen LogP contribution in [-0.4, -0.2) is 49.0 Å². The molecule has 134 valence electrons. The standard InChI is InChI=1S/C17H22F2N2O2.ClH/c18-17(19)8-15(20-12-17)16(22)21-7-6-14(9-21)11-23-10-13-4-2-1-3-5-13;/h1-5,14-15,20H,6-12H2;1H. The summed E-state index contributed by atoms with van der Waals surface area (Å²) < 4.78 is 32.1. The van der Waals surface area contributed by atoms with Crippen molar-refractivity contribution in [3.05, 3.63) is 35.9 Å². The molecule has 3 rings (SSSR count). The number of ether oxygens (including phenoxy) is 1. The van der Waals surface area contributed by atoms with Gasteiger partial charge in [-0.15, -0.1) is 12.4 Å². The number of amides is 1. The van der Waals surface area contributed by atoms with E-state index in [-0.39, 0.29) is 24.2 Å². The molecule has 1 N–H and O–H groups in total. The molecule has 2 fully saturated rings. The third-order valence-corrected chi connectivity index (χ3v) is 4.47. The van der Waals surface area contributed by atoms with Gasteiger partial charge in [0.15, 0.2) is 0 Å². The van der Waals surface area contributed by atoms with Crippen LogP contribution < -0.4 is 5.32 Å². The molecule has 0 spiro atoms. The first-order valence-electron chi connectivity index (χ1n) is 8.05. The number of likely N-dealkylation sites (tertiary alicyclic amines) is 1. The van der Waals surface area contributed by atoms with Crippen LogP contribution in [0.15, 0.2) is 30.3 Å². The number of halogens is 3. The van der Waals surface area contributed by atoms with Gasteiger partial charge in [0.2, 0.25) is 5.91 Å². The van der Waals surface area contributed by atoms with Gasteiger partial charge < -0.3 is 9.64 Å². The second-order valence-electron chi connectivity index (χ2n) is 6.43. The second-order valence-corrected chi connectivity index (χ2v) is 6.43. The number of rotatable bonds is 5. The van der Waals surface area contributed by atoms with Gasteiger partial charge in [0, 0.05) is 25.4 Å². The van der Waals surface area contributed by atoms with Crippen LogP contribution in [0.4, 0.5) is 8.78 Å². The Labute approximate surface area is 147 Å². The van der Waals surface area contributed by atoms with Crippen molar-refractivity contribution in [2.75, 3.05) is 26.2 Å². The van der Waals surface area contributed by atoms with Crippen molar-refractivity contribution in [2.24, 2.45) is 5.92 Å². The molecule has 2 unspecified atom stereocenters. The predicted molar refractivity (Wildman–Crippen MR) is 89.4 cm³/mol. The fraction of sp³-hybridized carbons (Fsp3) is 0.588. The van der Waals surface area contributed by atoms with Crippen molar-refractivity contribution in [3.8, 4) is 0 Å². The molecule has 0 aliphatic carbocycles. The van der Waals surface area contributed by atoms with Crippen molar-refractivity contribution < 1.29 is 18.3 Å². The lowest BCUT2D eigenvalue weighted by Crippen LogP contribution is -2.42. The molecule has 2 aliphatic rings. The van der Waals surface area contributed by atoms with Crippen LogP contribution in [-0.2, 0) is 16.1 Å². The monoisotopic (exact) mass is 360 g/mol. The van der Waals surface area contributed by atoms with Gasteiger partial charge in [0.05, 0.1) is 25.8 Å². The maximum atomic E-state index is 13.2. The Morgan fingerprint density at radius 1 is 1.33 bits per heavy atom. The van der Waals surface area contributed by atoms with Gasteiger partial charge >= 0.3 is 0 Å². The van der Waals surface area contributed by atoms with Crippen LogP contribution in [0.25, 0.3) is 0 Å². The summed E-state index contributed by atoms with van der Waals surface area (Å²) in [6.07, 6.45) is 0.473. The van der Waals surface area contributed by atoms with E-state index >= 15 is 0 Å². The summed E-state index contributed by atoms with van der Waals surface area (Å²) in [5, 5.41) is 2.63. The van der Waals surface area contributed by atoms with E-state index in [0.717, 1.165) is 12.0 Å². The number of carbonyl (C=O) groups is 1. The van der Waals surface area contributed by atoms with Crippen molar-refractivity contribution in [1.82, 2.24) is 10.2 Å². The lowest BCUT2D eigenvalue weighted by atomic mass is 10.1. The largest absolute Gasteiger partial charge is 0.376 e. The highest BCUT2D eigenvalue weighted by atomic mass is 35.5. The molecule has 0 radical (unpaired) electrons. The first-order valence-corrected chi connectivity index (χ1v) is 8.05. The van der Waals surface area contributed by atoms with Crippen LogP contribution in [0.5, 0.6) is 0 Å². The number of benzene rings is 1. The highest BCUT2D eigenvalue weighted by Gasteiger charge is 2.44. The van der Waals surface area contributed by atoms with Crippen LogP contribution in [0.2, 0.25) is 0 Å². The van der Waals surface area contributed by atoms with Gasteiger partial charge in [-0.25, -0.2) is 8.78 Å². The Bertz CT molecular complexity index is 545. The third-order valence-electron chi connectivity index (χ3n) is 4.47. The van der Waals surface area contributed by atoms with E-state index in [1.54, 1.807) is 4.90 Å². The Kier molecular flexibility index (Phi) is 6.54. The molecule has 2 saturated heterocycles. The van der Waals surface area contributed by atoms with Gasteiger partial charge in [-0.05, 0) is 12.0 Å². The molecular weight excluding hydrogens is 338 g/mol. The normalized spacial score (nSPS) is 25.5. The zero-order valence-corrected chi connectivity index (χ0v) is 14.2. The van der Waals surface area contributed by atoms with E-state index in [4.69, 9.17) is 4.74 Å². The summed E-state index contributed by atoms with van der Waals surface area (Å²) in [5.74, 6) is -2.68. The number of alkyl halides is 2. The third kappa shape index (κ3) is 4.88. The lowest BCUT2D eigenvalue weighted by Gasteiger charge is -2.20. The molecular formula is C17H23ClF2N2O2. The summed E-state index contributed by atoms with van der Waals surface area (Å²) >= 11 is 0. The van der Waals surface area contributed by atoms with E-state index in [1.807, 2.05) is 30.3 Å². The molecule has 0 bridgehead atoms. The maximum Gasteiger partial charge on any atom is 0.262 e. The van der Waals surface area contributed by atoms with Crippen molar-refractivity contribution >= 4 is 18.3 Å². The molecule has 2 heterocycles. The van der Waals surface area contributed by atoms with Gasteiger partial charge in [0.25, 0.3) is 5.92 Å². The van der Waals surface area contributed by atoms with Gasteiger partial charge in [0.1, 0.15) is 0 Å². The van der Waals surface area contributed by atoms with Crippen LogP contribution in [0.1, 0.15) is 18.4 Å². The lowest BCUT2D eigenvalue weighted by molar-refractivity contribution is -0.132. The predicted octanol–water partition coefficient (Wildman–Crippen LogP) is 2.47. The van der Waals surface area contributed by atoms with Crippen molar-refractivity contribution in [3.63, 3.8) is 0 Å². The number of hydrogen-bond acceptors (Lipinski definition) is 3. The molecule has 1 aromatic carbocycles. The Balaban J connectivity index is 0.00000208. The van der Waals surface area contributed by atoms with Crippen molar-refractivity contribution in [1.29, 1.82) is 0 Å². The van der Waals surface area contributed by atoms with E-state index in [9.17, 15) is 13.6 Å². The minimum atomic E-state index is -2.77. The van der Waals surface area contributed by atoms with Gasteiger partial charge in [-0.1, -0.05) is 30.3 Å². The Morgan fingerprint density at radius 3 is 2.75 bits per heavy atom. The maximum absolute atomic E-state index is 13.2. The molecule has 0 saturated carbocycles. The average molecular weight is 361 g/mol. The fourth-order valence-electron chi connectivity index (χ4n) is 3.20. The average Bonchev–Trinajstić information content (AvgIpc) is 3.14. The molecule has 24 heavy (non-hydrogen) atoms. The van der Waals surface area contributed by atoms with Gasteiger partial charge in [-0.2, -0.15) is 0 Å². The summed E-state index contributed by atoms with van der Waals surface area (Å²) in [6.45, 7) is 1.97. The Morgan fingerprint density at radius 2 is 2.08 bits per heavy atom. The second kappa shape index (κ2) is 8.23. The minimum Gasteiger partial charge on any atom is -0.376 e. The molecule has 4 nitrogen and oxygen atoms in total. The molecule has 7 heteroatoms. The van der Waals surface area contributed by atoms with E-state index in [1.165, 1.54) is 0 Å². The first kappa shape index (κ1) is 19.1. The van der Waals surface area contributed by atoms with E-state index < -0.39 is 24.9 Å². The van der Waals surface area contributed by atoms with E-state index in [2.05, 4.69) is 5.32 Å². The summed E-state index contributed by atoms with van der Waals surface area (Å²) in [4.78, 5) is 14.0. The van der Waals surface area contributed by atoms with Crippen molar-refractivity contribution in [2.45, 2.75) is 31.4 Å². The van der Waals surface area contributed by atoms with Crippen LogP contribution >= 0.6 is 12.4 Å². The number of nitrogens with one attached hydrogen (secondary N) is 1. The summed E-state index contributed by atoms with van der Waals surface area (Å²) in [7, 11) is 0. The molecule has 2 aliphatic heterocycles. The molecule has 2 atom stereocenters.